The van der Waals surface area contributed by atoms with E-state index in [-0.39, 0.29) is 0 Å². The van der Waals surface area contributed by atoms with Crippen molar-refractivity contribution in [3.8, 4) is 5.75 Å². The second-order valence-electron chi connectivity index (χ2n) is 5.28. The van der Waals surface area contributed by atoms with Gasteiger partial charge in [-0.2, -0.15) is 11.8 Å². The van der Waals surface area contributed by atoms with E-state index in [1.165, 1.54) is 23.5 Å². The molecule has 1 aromatic rings. The molecule has 0 saturated carbocycles. The molecule has 1 heterocycles. The van der Waals surface area contributed by atoms with Crippen molar-refractivity contribution in [1.29, 1.82) is 0 Å². The summed E-state index contributed by atoms with van der Waals surface area (Å²) in [5.74, 6) is 4.50. The van der Waals surface area contributed by atoms with Crippen LogP contribution in [0, 0.1) is 5.92 Å². The Bertz CT molecular complexity index is 360. The van der Waals surface area contributed by atoms with Gasteiger partial charge < -0.3 is 10.1 Å². The van der Waals surface area contributed by atoms with Gasteiger partial charge in [0.25, 0.3) is 0 Å². The molecule has 0 amide bonds. The van der Waals surface area contributed by atoms with Crippen LogP contribution in [-0.2, 0) is 0 Å². The van der Waals surface area contributed by atoms with E-state index in [4.69, 9.17) is 4.74 Å². The zero-order valence-corrected chi connectivity index (χ0v) is 12.8. The van der Waals surface area contributed by atoms with Crippen molar-refractivity contribution in [3.05, 3.63) is 29.8 Å². The molecule has 0 bridgehead atoms. The fraction of sp³-hybridized carbons (Fsp3) is 0.625. The Kier molecular flexibility index (Phi) is 6.05. The molecule has 106 valence electrons. The summed E-state index contributed by atoms with van der Waals surface area (Å²) in [7, 11) is 0. The third-order valence-corrected chi connectivity index (χ3v) is 4.82. The van der Waals surface area contributed by atoms with E-state index >= 15 is 0 Å². The minimum absolute atomic E-state index is 0.422. The first kappa shape index (κ1) is 14.7. The van der Waals surface area contributed by atoms with Gasteiger partial charge in [-0.3, -0.25) is 0 Å². The Morgan fingerprint density at radius 3 is 2.79 bits per heavy atom. The van der Waals surface area contributed by atoms with Gasteiger partial charge in [-0.15, -0.1) is 0 Å². The highest BCUT2D eigenvalue weighted by Gasteiger charge is 2.16. The summed E-state index contributed by atoms with van der Waals surface area (Å²) in [4.78, 5) is 0. The number of thioether (sulfide) groups is 1. The third-order valence-electron chi connectivity index (χ3n) is 3.59. The standard InChI is InChI=1S/C16H25NOS/c1-3-9-18-16-6-4-15(5-7-16)13(2)17-11-14-8-10-19-12-14/h4-7,13-14,17H,3,8-12H2,1-2H3. The van der Waals surface area contributed by atoms with Crippen LogP contribution in [-0.4, -0.2) is 24.7 Å². The van der Waals surface area contributed by atoms with Gasteiger partial charge in [0.05, 0.1) is 6.61 Å². The van der Waals surface area contributed by atoms with Gasteiger partial charge in [-0.1, -0.05) is 19.1 Å². The summed E-state index contributed by atoms with van der Waals surface area (Å²) in [5, 5.41) is 3.65. The van der Waals surface area contributed by atoms with Crippen LogP contribution in [0.15, 0.2) is 24.3 Å². The van der Waals surface area contributed by atoms with Gasteiger partial charge in [-0.05, 0) is 61.4 Å². The van der Waals surface area contributed by atoms with Crippen molar-refractivity contribution in [3.63, 3.8) is 0 Å². The second kappa shape index (κ2) is 7.81. The molecule has 0 aromatic heterocycles. The fourth-order valence-corrected chi connectivity index (χ4v) is 3.56. The van der Waals surface area contributed by atoms with Crippen molar-refractivity contribution < 1.29 is 4.74 Å². The minimum Gasteiger partial charge on any atom is -0.494 e. The normalized spacial score (nSPS) is 20.4. The first-order valence-electron chi connectivity index (χ1n) is 7.33. The molecule has 1 N–H and O–H groups in total. The van der Waals surface area contributed by atoms with E-state index in [0.29, 0.717) is 6.04 Å². The summed E-state index contributed by atoms with van der Waals surface area (Å²) >= 11 is 2.08. The molecule has 2 atom stereocenters. The van der Waals surface area contributed by atoms with E-state index in [1.54, 1.807) is 0 Å². The zero-order chi connectivity index (χ0) is 13.5. The molecule has 1 saturated heterocycles. The molecule has 1 aliphatic heterocycles. The van der Waals surface area contributed by atoms with E-state index in [0.717, 1.165) is 31.2 Å². The van der Waals surface area contributed by atoms with Crippen molar-refractivity contribution in [1.82, 2.24) is 5.32 Å². The number of hydrogen-bond acceptors (Lipinski definition) is 3. The number of ether oxygens (including phenoxy) is 1. The van der Waals surface area contributed by atoms with Gasteiger partial charge >= 0.3 is 0 Å². The van der Waals surface area contributed by atoms with Gasteiger partial charge in [-0.25, -0.2) is 0 Å². The highest BCUT2D eigenvalue weighted by atomic mass is 32.2. The van der Waals surface area contributed by atoms with E-state index < -0.39 is 0 Å². The summed E-state index contributed by atoms with van der Waals surface area (Å²) < 4.78 is 5.61. The fourth-order valence-electron chi connectivity index (χ4n) is 2.28. The Hall–Kier alpha value is -0.670. The predicted molar refractivity (Wildman–Crippen MR) is 84.1 cm³/mol. The average Bonchev–Trinajstić information content (AvgIpc) is 2.96. The number of nitrogens with one attached hydrogen (secondary N) is 1. The molecular formula is C16H25NOS. The number of hydrogen-bond donors (Lipinski definition) is 1. The van der Waals surface area contributed by atoms with Crippen molar-refractivity contribution >= 4 is 11.8 Å². The van der Waals surface area contributed by atoms with Crippen LogP contribution in [0.4, 0.5) is 0 Å². The third kappa shape index (κ3) is 4.73. The Balaban J connectivity index is 1.79. The second-order valence-corrected chi connectivity index (χ2v) is 6.43. The lowest BCUT2D eigenvalue weighted by atomic mass is 10.1. The lowest BCUT2D eigenvalue weighted by Crippen LogP contribution is -2.25. The molecule has 0 spiro atoms. The number of benzene rings is 1. The van der Waals surface area contributed by atoms with Crippen LogP contribution >= 0.6 is 11.8 Å². The topological polar surface area (TPSA) is 21.3 Å². The lowest BCUT2D eigenvalue weighted by Gasteiger charge is -2.17. The summed E-state index contributed by atoms with van der Waals surface area (Å²) in [6, 6.07) is 8.92. The van der Waals surface area contributed by atoms with E-state index in [9.17, 15) is 0 Å². The highest BCUT2D eigenvalue weighted by Crippen LogP contribution is 2.24. The zero-order valence-electron chi connectivity index (χ0n) is 12.0. The average molecular weight is 279 g/mol. The molecule has 19 heavy (non-hydrogen) atoms. The van der Waals surface area contributed by atoms with Crippen molar-refractivity contribution in [2.45, 2.75) is 32.7 Å². The van der Waals surface area contributed by atoms with Crippen LogP contribution in [0.25, 0.3) is 0 Å². The van der Waals surface area contributed by atoms with Gasteiger partial charge in [0, 0.05) is 6.04 Å². The quantitative estimate of drug-likeness (QED) is 0.818. The number of rotatable bonds is 7. The minimum atomic E-state index is 0.422. The maximum absolute atomic E-state index is 5.61. The van der Waals surface area contributed by atoms with Crippen LogP contribution < -0.4 is 10.1 Å². The molecular weight excluding hydrogens is 254 g/mol. The Morgan fingerprint density at radius 1 is 1.37 bits per heavy atom. The largest absolute Gasteiger partial charge is 0.494 e. The molecule has 0 aliphatic carbocycles. The van der Waals surface area contributed by atoms with E-state index in [1.807, 2.05) is 0 Å². The first-order chi connectivity index (χ1) is 9.29. The van der Waals surface area contributed by atoms with Crippen LogP contribution in [0.5, 0.6) is 5.75 Å². The molecule has 1 aliphatic rings. The smallest absolute Gasteiger partial charge is 0.119 e. The Morgan fingerprint density at radius 2 is 2.16 bits per heavy atom. The van der Waals surface area contributed by atoms with Crippen molar-refractivity contribution in [2.75, 3.05) is 24.7 Å². The SMILES string of the molecule is CCCOc1ccc(C(C)NCC2CCSC2)cc1. The van der Waals surface area contributed by atoms with Gasteiger partial charge in [0.2, 0.25) is 0 Å². The Labute approximate surface area is 121 Å². The summed E-state index contributed by atoms with van der Waals surface area (Å²) in [6.07, 6.45) is 2.42. The molecule has 1 fully saturated rings. The molecule has 0 radical (unpaired) electrons. The molecule has 3 heteroatoms. The first-order valence-corrected chi connectivity index (χ1v) is 8.49. The molecule has 2 unspecified atom stereocenters. The summed E-state index contributed by atoms with van der Waals surface area (Å²) in [6.45, 7) is 6.31. The van der Waals surface area contributed by atoms with Gasteiger partial charge in [0.15, 0.2) is 0 Å². The highest BCUT2D eigenvalue weighted by molar-refractivity contribution is 7.99. The maximum Gasteiger partial charge on any atom is 0.119 e. The predicted octanol–water partition coefficient (Wildman–Crippen LogP) is 3.88. The van der Waals surface area contributed by atoms with Crippen molar-refractivity contribution in [2.24, 2.45) is 5.92 Å². The molecule has 2 nitrogen and oxygen atoms in total. The van der Waals surface area contributed by atoms with E-state index in [2.05, 4.69) is 55.2 Å². The lowest BCUT2D eigenvalue weighted by molar-refractivity contribution is 0.317. The monoisotopic (exact) mass is 279 g/mol. The molecule has 1 aromatic carbocycles. The maximum atomic E-state index is 5.61. The molecule has 2 rings (SSSR count). The van der Waals surface area contributed by atoms with Crippen LogP contribution in [0.2, 0.25) is 0 Å². The van der Waals surface area contributed by atoms with Gasteiger partial charge in [0.1, 0.15) is 5.75 Å². The van der Waals surface area contributed by atoms with Crippen LogP contribution in [0.3, 0.4) is 0 Å². The van der Waals surface area contributed by atoms with Crippen LogP contribution in [0.1, 0.15) is 38.3 Å². The summed E-state index contributed by atoms with van der Waals surface area (Å²) in [5.41, 5.74) is 1.34.